The Labute approximate surface area is 131 Å². The minimum Gasteiger partial charge on any atom is -0.444 e. The summed E-state index contributed by atoms with van der Waals surface area (Å²) in [6, 6.07) is 5.00. The molecule has 2 atom stereocenters. The molecule has 0 aliphatic carbocycles. The number of hydrogen-bond donors (Lipinski definition) is 1. The summed E-state index contributed by atoms with van der Waals surface area (Å²) in [7, 11) is 0. The third kappa shape index (κ3) is 3.97. The van der Waals surface area contributed by atoms with Crippen LogP contribution >= 0.6 is 0 Å². The molecule has 0 spiro atoms. The molecule has 0 bridgehead atoms. The Bertz CT molecular complexity index is 554. The summed E-state index contributed by atoms with van der Waals surface area (Å²) in [5.41, 5.74) is 7.27. The molecule has 0 radical (unpaired) electrons. The van der Waals surface area contributed by atoms with Gasteiger partial charge in [0.15, 0.2) is 0 Å². The third-order valence-electron chi connectivity index (χ3n) is 3.93. The van der Waals surface area contributed by atoms with E-state index < -0.39 is 5.60 Å². The van der Waals surface area contributed by atoms with Crippen LogP contribution < -0.4 is 5.73 Å². The highest BCUT2D eigenvalue weighted by molar-refractivity contribution is 5.68. The molecule has 1 aromatic rings. The number of carbonyl (C=O) groups is 1. The van der Waals surface area contributed by atoms with E-state index in [1.165, 1.54) is 6.07 Å². The molecule has 4 nitrogen and oxygen atoms in total. The number of carbonyl (C=O) groups excluding carboxylic acids is 1. The number of ether oxygens (including phenoxy) is 1. The second-order valence-corrected chi connectivity index (χ2v) is 6.99. The van der Waals surface area contributed by atoms with E-state index in [0.717, 1.165) is 5.56 Å². The number of benzene rings is 1. The van der Waals surface area contributed by atoms with Gasteiger partial charge in [-0.2, -0.15) is 0 Å². The fraction of sp³-hybridized carbons (Fsp3) is 0.588. The molecular formula is C17H25FN2O2. The van der Waals surface area contributed by atoms with Crippen molar-refractivity contribution >= 4 is 6.09 Å². The van der Waals surface area contributed by atoms with E-state index in [9.17, 15) is 9.18 Å². The summed E-state index contributed by atoms with van der Waals surface area (Å²) in [6.45, 7) is 8.37. The summed E-state index contributed by atoms with van der Waals surface area (Å²) < 4.78 is 18.9. The maximum absolute atomic E-state index is 13.4. The number of halogens is 1. The Kier molecular flexibility index (Phi) is 4.75. The van der Waals surface area contributed by atoms with Gasteiger partial charge in [-0.25, -0.2) is 9.18 Å². The average Bonchev–Trinajstić information content (AvgIpc) is 2.40. The number of amides is 1. The lowest BCUT2D eigenvalue weighted by atomic mass is 9.86. The lowest BCUT2D eigenvalue weighted by Gasteiger charge is -2.37. The van der Waals surface area contributed by atoms with Crippen LogP contribution in [0.15, 0.2) is 18.2 Å². The molecule has 1 fully saturated rings. The second-order valence-electron chi connectivity index (χ2n) is 6.99. The lowest BCUT2D eigenvalue weighted by Crippen LogP contribution is -2.49. The molecule has 5 heteroatoms. The predicted molar refractivity (Wildman–Crippen MR) is 84.3 cm³/mol. The Morgan fingerprint density at radius 3 is 2.68 bits per heavy atom. The van der Waals surface area contributed by atoms with Gasteiger partial charge < -0.3 is 15.4 Å². The maximum atomic E-state index is 13.4. The number of piperidine rings is 1. The third-order valence-corrected chi connectivity index (χ3v) is 3.93. The van der Waals surface area contributed by atoms with Gasteiger partial charge in [0.1, 0.15) is 11.4 Å². The van der Waals surface area contributed by atoms with Crippen LogP contribution in [0, 0.1) is 12.7 Å². The number of nitrogens with zero attached hydrogens (tertiary/aromatic N) is 1. The monoisotopic (exact) mass is 308 g/mol. The summed E-state index contributed by atoms with van der Waals surface area (Å²) in [5, 5.41) is 0. The normalized spacial score (nSPS) is 22.5. The molecule has 0 unspecified atom stereocenters. The molecule has 0 aromatic heterocycles. The van der Waals surface area contributed by atoms with Gasteiger partial charge >= 0.3 is 6.09 Å². The first-order chi connectivity index (χ1) is 10.2. The number of aryl methyl sites for hydroxylation is 1. The van der Waals surface area contributed by atoms with Crippen LogP contribution in [0.2, 0.25) is 0 Å². The van der Waals surface area contributed by atoms with Crippen LogP contribution in [0.1, 0.15) is 44.2 Å². The summed E-state index contributed by atoms with van der Waals surface area (Å²) in [4.78, 5) is 13.9. The minimum atomic E-state index is -0.515. The van der Waals surface area contributed by atoms with Crippen LogP contribution in [-0.4, -0.2) is 35.7 Å². The molecule has 22 heavy (non-hydrogen) atoms. The molecule has 0 saturated carbocycles. The summed E-state index contributed by atoms with van der Waals surface area (Å²) >= 11 is 0. The molecule has 2 N–H and O–H groups in total. The molecule has 1 saturated heterocycles. The van der Waals surface area contributed by atoms with Crippen molar-refractivity contribution in [3.8, 4) is 0 Å². The van der Waals surface area contributed by atoms with Gasteiger partial charge in [0.2, 0.25) is 0 Å². The number of rotatable bonds is 1. The number of likely N-dealkylation sites (tertiary alicyclic amines) is 1. The van der Waals surface area contributed by atoms with E-state index in [2.05, 4.69) is 0 Å². The molecule has 1 aliphatic rings. The molecular weight excluding hydrogens is 283 g/mol. The van der Waals surface area contributed by atoms with E-state index in [4.69, 9.17) is 10.5 Å². The summed E-state index contributed by atoms with van der Waals surface area (Å²) in [6.07, 6.45) is 0.392. The van der Waals surface area contributed by atoms with Crippen molar-refractivity contribution in [2.24, 2.45) is 5.73 Å². The zero-order valence-electron chi connectivity index (χ0n) is 13.7. The SMILES string of the molecule is Cc1cc([C@@H]2CN(C(=O)OC(C)(C)C)CC[C@H]2N)ccc1F. The van der Waals surface area contributed by atoms with Crippen LogP contribution in [-0.2, 0) is 4.74 Å². The van der Waals surface area contributed by atoms with Crippen LogP contribution in [0.5, 0.6) is 0 Å². The van der Waals surface area contributed by atoms with E-state index in [-0.39, 0.29) is 23.9 Å². The largest absolute Gasteiger partial charge is 0.444 e. The first-order valence-electron chi connectivity index (χ1n) is 7.67. The van der Waals surface area contributed by atoms with Gasteiger partial charge in [-0.15, -0.1) is 0 Å². The zero-order valence-corrected chi connectivity index (χ0v) is 13.7. The van der Waals surface area contributed by atoms with Crippen molar-refractivity contribution in [3.63, 3.8) is 0 Å². The Morgan fingerprint density at radius 1 is 1.41 bits per heavy atom. The van der Waals surface area contributed by atoms with Gasteiger partial charge in [0.05, 0.1) is 0 Å². The van der Waals surface area contributed by atoms with Gasteiger partial charge in [-0.05, 0) is 51.3 Å². The Morgan fingerprint density at radius 2 is 2.09 bits per heavy atom. The standard InChI is InChI=1S/C17H25FN2O2/c1-11-9-12(5-6-14(11)18)13-10-20(8-7-15(13)19)16(21)22-17(2,3)4/h5-6,9,13,15H,7-8,10,19H2,1-4H3/t13-,15+/m0/s1. The number of nitrogens with two attached hydrogens (primary N) is 1. The predicted octanol–water partition coefficient (Wildman–Crippen LogP) is 3.19. The van der Waals surface area contributed by atoms with E-state index in [0.29, 0.717) is 25.1 Å². The van der Waals surface area contributed by atoms with Crippen LogP contribution in [0.4, 0.5) is 9.18 Å². The average molecular weight is 308 g/mol. The smallest absolute Gasteiger partial charge is 0.410 e. The van der Waals surface area contributed by atoms with Crippen molar-refractivity contribution in [2.45, 2.75) is 51.7 Å². The van der Waals surface area contributed by atoms with E-state index in [1.54, 1.807) is 17.9 Å². The second kappa shape index (κ2) is 6.24. The molecule has 1 aliphatic heterocycles. The fourth-order valence-electron chi connectivity index (χ4n) is 2.71. The fourth-order valence-corrected chi connectivity index (χ4v) is 2.71. The van der Waals surface area contributed by atoms with Gasteiger partial charge in [-0.1, -0.05) is 12.1 Å². The van der Waals surface area contributed by atoms with Crippen LogP contribution in [0.25, 0.3) is 0 Å². The van der Waals surface area contributed by atoms with Crippen molar-refractivity contribution in [1.29, 1.82) is 0 Å². The van der Waals surface area contributed by atoms with Crippen LogP contribution in [0.3, 0.4) is 0 Å². The first-order valence-corrected chi connectivity index (χ1v) is 7.67. The maximum Gasteiger partial charge on any atom is 0.410 e. The Hall–Kier alpha value is -1.62. The highest BCUT2D eigenvalue weighted by Gasteiger charge is 2.32. The highest BCUT2D eigenvalue weighted by atomic mass is 19.1. The van der Waals surface area contributed by atoms with Gasteiger partial charge in [0.25, 0.3) is 0 Å². The van der Waals surface area contributed by atoms with Crippen molar-refractivity contribution in [1.82, 2.24) is 4.90 Å². The molecule has 122 valence electrons. The van der Waals surface area contributed by atoms with Gasteiger partial charge in [-0.3, -0.25) is 0 Å². The van der Waals surface area contributed by atoms with Crippen molar-refractivity contribution in [3.05, 3.63) is 35.1 Å². The Balaban J connectivity index is 2.14. The van der Waals surface area contributed by atoms with Gasteiger partial charge in [0, 0.05) is 25.0 Å². The molecule has 1 aromatic carbocycles. The first kappa shape index (κ1) is 16.7. The molecule has 1 heterocycles. The molecule has 2 rings (SSSR count). The van der Waals surface area contributed by atoms with E-state index >= 15 is 0 Å². The van der Waals surface area contributed by atoms with E-state index in [1.807, 2.05) is 26.8 Å². The zero-order chi connectivity index (χ0) is 16.5. The lowest BCUT2D eigenvalue weighted by molar-refractivity contribution is 0.0186. The summed E-state index contributed by atoms with van der Waals surface area (Å²) in [5.74, 6) is -0.224. The number of hydrogen-bond acceptors (Lipinski definition) is 3. The van der Waals surface area contributed by atoms with Crippen molar-refractivity contribution < 1.29 is 13.9 Å². The topological polar surface area (TPSA) is 55.6 Å². The molecule has 1 amide bonds. The van der Waals surface area contributed by atoms with Crippen molar-refractivity contribution in [2.75, 3.05) is 13.1 Å². The minimum absolute atomic E-state index is 0.000526. The quantitative estimate of drug-likeness (QED) is 0.867. The highest BCUT2D eigenvalue weighted by Crippen LogP contribution is 2.28.